The summed E-state index contributed by atoms with van der Waals surface area (Å²) in [5.41, 5.74) is 0. The fourth-order valence-electron chi connectivity index (χ4n) is 1.56. The molecule has 1 aliphatic rings. The van der Waals surface area contributed by atoms with Gasteiger partial charge in [0.05, 0.1) is 0 Å². The molecule has 1 fully saturated rings. The SMILES string of the molecule is CC1CCCN(C[B-](F)(F)F)C1=O. The molecule has 1 rings (SSSR count). The van der Waals surface area contributed by atoms with Crippen molar-refractivity contribution in [2.75, 3.05) is 13.0 Å². The molecule has 76 valence electrons. The van der Waals surface area contributed by atoms with Crippen LogP contribution in [0.1, 0.15) is 19.8 Å². The fourth-order valence-corrected chi connectivity index (χ4v) is 1.56. The van der Waals surface area contributed by atoms with Crippen molar-refractivity contribution < 1.29 is 17.7 Å². The average molecular weight is 194 g/mol. The molecule has 1 heterocycles. The lowest BCUT2D eigenvalue weighted by atomic mass is 9.88. The van der Waals surface area contributed by atoms with Crippen LogP contribution < -0.4 is 0 Å². The monoisotopic (exact) mass is 194 g/mol. The van der Waals surface area contributed by atoms with E-state index >= 15 is 0 Å². The Kier molecular flexibility index (Phi) is 2.88. The average Bonchev–Trinajstić information content (AvgIpc) is 1.96. The van der Waals surface area contributed by atoms with Crippen LogP contribution in [0.3, 0.4) is 0 Å². The first kappa shape index (κ1) is 10.4. The highest BCUT2D eigenvalue weighted by atomic mass is 19.4. The van der Waals surface area contributed by atoms with Crippen molar-refractivity contribution in [2.24, 2.45) is 5.92 Å². The predicted octanol–water partition coefficient (Wildman–Crippen LogP) is 1.63. The van der Waals surface area contributed by atoms with Crippen molar-refractivity contribution in [3.8, 4) is 0 Å². The highest BCUT2D eigenvalue weighted by molar-refractivity contribution is 6.58. The quantitative estimate of drug-likeness (QED) is 0.611. The zero-order chi connectivity index (χ0) is 10.1. The number of carbonyl (C=O) groups excluding carboxylic acids is 1. The van der Waals surface area contributed by atoms with Gasteiger partial charge in [0, 0.05) is 12.5 Å². The van der Waals surface area contributed by atoms with Gasteiger partial charge in [0.1, 0.15) is 0 Å². The number of likely N-dealkylation sites (tertiary alicyclic amines) is 1. The van der Waals surface area contributed by atoms with Crippen LogP contribution in [0.15, 0.2) is 0 Å². The molecule has 2 nitrogen and oxygen atoms in total. The molecule has 0 saturated carbocycles. The van der Waals surface area contributed by atoms with Gasteiger partial charge in [-0.2, -0.15) is 0 Å². The van der Waals surface area contributed by atoms with Crippen LogP contribution in [0.5, 0.6) is 0 Å². The molecule has 1 unspecified atom stereocenters. The summed E-state index contributed by atoms with van der Waals surface area (Å²) in [6.45, 7) is -2.94. The number of halogens is 3. The second kappa shape index (κ2) is 3.60. The molecule has 0 aliphatic carbocycles. The van der Waals surface area contributed by atoms with Crippen LogP contribution in [0.4, 0.5) is 12.9 Å². The number of hydrogen-bond acceptors (Lipinski definition) is 1. The normalized spacial score (nSPS) is 25.1. The second-order valence-electron chi connectivity index (χ2n) is 3.54. The van der Waals surface area contributed by atoms with Gasteiger partial charge in [0.15, 0.2) is 0 Å². The third kappa shape index (κ3) is 2.93. The molecule has 0 aromatic heterocycles. The summed E-state index contributed by atoms with van der Waals surface area (Å²) in [6.07, 6.45) is 0.350. The van der Waals surface area contributed by atoms with Crippen molar-refractivity contribution in [2.45, 2.75) is 19.8 Å². The first-order valence-electron chi connectivity index (χ1n) is 4.40. The summed E-state index contributed by atoms with van der Waals surface area (Å²) in [6, 6.07) is 0. The van der Waals surface area contributed by atoms with Crippen molar-refractivity contribution in [1.82, 2.24) is 4.90 Å². The topological polar surface area (TPSA) is 20.3 Å². The van der Waals surface area contributed by atoms with E-state index in [9.17, 15) is 17.7 Å². The highest BCUT2D eigenvalue weighted by Crippen LogP contribution is 2.20. The number of hydrogen-bond donors (Lipinski definition) is 0. The summed E-state index contributed by atoms with van der Waals surface area (Å²) in [5, 5.41) is 0. The van der Waals surface area contributed by atoms with Gasteiger partial charge < -0.3 is 17.8 Å². The summed E-state index contributed by atoms with van der Waals surface area (Å²) >= 11 is 0. The number of rotatable bonds is 2. The van der Waals surface area contributed by atoms with E-state index in [1.54, 1.807) is 6.92 Å². The Hall–Kier alpha value is -0.675. The maximum atomic E-state index is 12.0. The van der Waals surface area contributed by atoms with Crippen LogP contribution in [-0.2, 0) is 4.79 Å². The molecule has 0 radical (unpaired) electrons. The Morgan fingerprint density at radius 3 is 2.69 bits per heavy atom. The minimum atomic E-state index is -4.87. The number of amides is 1. The maximum absolute atomic E-state index is 12.0. The standard InChI is InChI=1S/C7H12BF3NO/c1-6-3-2-4-12(7(6)13)5-8(9,10)11/h6H,2-5H2,1H3/q-1. The first-order valence-corrected chi connectivity index (χ1v) is 4.40. The maximum Gasteiger partial charge on any atom is 0.497 e. The molecule has 1 aliphatic heterocycles. The van der Waals surface area contributed by atoms with Crippen molar-refractivity contribution >= 4 is 12.9 Å². The largest absolute Gasteiger partial charge is 0.497 e. The van der Waals surface area contributed by atoms with Crippen LogP contribution >= 0.6 is 0 Å². The Morgan fingerprint density at radius 2 is 2.15 bits per heavy atom. The molecule has 1 atom stereocenters. The lowest BCUT2D eigenvalue weighted by molar-refractivity contribution is -0.137. The third-order valence-electron chi connectivity index (χ3n) is 2.23. The molecular formula is C7H12BF3NO-. The first-order chi connectivity index (χ1) is 5.90. The molecule has 0 bridgehead atoms. The van der Waals surface area contributed by atoms with Gasteiger partial charge in [-0.15, -0.1) is 0 Å². The fraction of sp³-hybridized carbons (Fsp3) is 0.857. The Balaban J connectivity index is 2.54. The molecule has 1 amide bonds. The van der Waals surface area contributed by atoms with Crippen LogP contribution in [0.2, 0.25) is 0 Å². The molecular weight excluding hydrogens is 182 g/mol. The number of piperidine rings is 1. The smallest absolute Gasteiger partial charge is 0.448 e. The summed E-state index contributed by atoms with van der Waals surface area (Å²) in [5.74, 6) is -0.600. The minimum absolute atomic E-state index is 0.244. The predicted molar refractivity (Wildman–Crippen MR) is 44.1 cm³/mol. The zero-order valence-corrected chi connectivity index (χ0v) is 7.47. The third-order valence-corrected chi connectivity index (χ3v) is 2.23. The van der Waals surface area contributed by atoms with Gasteiger partial charge in [-0.25, -0.2) is 0 Å². The Morgan fingerprint density at radius 1 is 1.54 bits per heavy atom. The Bertz CT molecular complexity index is 206. The summed E-state index contributed by atoms with van der Waals surface area (Å²) in [4.78, 5) is 12.2. The van der Waals surface area contributed by atoms with Gasteiger partial charge in [-0.3, -0.25) is 4.79 Å². The van der Waals surface area contributed by atoms with Gasteiger partial charge >= 0.3 is 6.98 Å². The highest BCUT2D eigenvalue weighted by Gasteiger charge is 2.32. The van der Waals surface area contributed by atoms with Gasteiger partial charge in [-0.05, 0) is 19.3 Å². The molecule has 0 aromatic carbocycles. The zero-order valence-electron chi connectivity index (χ0n) is 7.47. The van der Waals surface area contributed by atoms with E-state index in [0.717, 1.165) is 4.90 Å². The van der Waals surface area contributed by atoms with E-state index in [1.807, 2.05) is 0 Å². The van der Waals surface area contributed by atoms with Crippen molar-refractivity contribution in [3.63, 3.8) is 0 Å². The molecule has 6 heteroatoms. The van der Waals surface area contributed by atoms with Crippen molar-refractivity contribution in [1.29, 1.82) is 0 Å². The minimum Gasteiger partial charge on any atom is -0.448 e. The van der Waals surface area contributed by atoms with Crippen LogP contribution in [0.25, 0.3) is 0 Å². The van der Waals surface area contributed by atoms with E-state index in [-0.39, 0.29) is 18.4 Å². The molecule has 1 saturated heterocycles. The van der Waals surface area contributed by atoms with E-state index in [2.05, 4.69) is 0 Å². The lowest BCUT2D eigenvalue weighted by Crippen LogP contribution is -2.47. The van der Waals surface area contributed by atoms with E-state index < -0.39 is 13.4 Å². The molecule has 0 aromatic rings. The molecule has 0 spiro atoms. The lowest BCUT2D eigenvalue weighted by Gasteiger charge is -2.34. The van der Waals surface area contributed by atoms with Gasteiger partial charge in [0.2, 0.25) is 5.91 Å². The molecule has 13 heavy (non-hydrogen) atoms. The van der Waals surface area contributed by atoms with Crippen LogP contribution in [-0.4, -0.2) is 30.8 Å². The summed E-state index contributed by atoms with van der Waals surface area (Å²) < 4.78 is 36.0. The Labute approximate surface area is 75.1 Å². The van der Waals surface area contributed by atoms with Crippen molar-refractivity contribution in [3.05, 3.63) is 0 Å². The summed E-state index contributed by atoms with van der Waals surface area (Å²) in [7, 11) is 0. The van der Waals surface area contributed by atoms with Gasteiger partial charge in [0.25, 0.3) is 0 Å². The van der Waals surface area contributed by atoms with E-state index in [4.69, 9.17) is 0 Å². The van der Waals surface area contributed by atoms with Crippen LogP contribution in [0, 0.1) is 5.92 Å². The molecule has 0 N–H and O–H groups in total. The van der Waals surface area contributed by atoms with E-state index in [1.165, 1.54) is 0 Å². The van der Waals surface area contributed by atoms with Gasteiger partial charge in [-0.1, -0.05) is 6.92 Å². The number of carbonyl (C=O) groups is 1. The van der Waals surface area contributed by atoms with E-state index in [0.29, 0.717) is 12.8 Å². The second-order valence-corrected chi connectivity index (χ2v) is 3.54. The number of nitrogens with zero attached hydrogens (tertiary/aromatic N) is 1.